The van der Waals surface area contributed by atoms with Crippen molar-refractivity contribution < 1.29 is 4.42 Å². The summed E-state index contributed by atoms with van der Waals surface area (Å²) in [6.45, 7) is 6.24. The van der Waals surface area contributed by atoms with E-state index in [-0.39, 0.29) is 0 Å². The molecule has 1 aromatic carbocycles. The fourth-order valence-corrected chi connectivity index (χ4v) is 2.16. The van der Waals surface area contributed by atoms with Crippen molar-refractivity contribution in [1.82, 2.24) is 15.5 Å². The number of hydrogen-bond acceptors (Lipinski definition) is 4. The van der Waals surface area contributed by atoms with Gasteiger partial charge in [-0.25, -0.2) is 0 Å². The van der Waals surface area contributed by atoms with Crippen LogP contribution in [0.2, 0.25) is 0 Å². The van der Waals surface area contributed by atoms with E-state index in [0.29, 0.717) is 0 Å². The molecule has 4 nitrogen and oxygen atoms in total. The third-order valence-electron chi connectivity index (χ3n) is 3.37. The molecule has 0 spiro atoms. The standard InChI is InChI=1S/C16H23N3O/c1-3-17-12-6-9-15-18-19-16(20-15)11-10-14-8-5-4-7-13(14)2/h4-5,7-8,17H,3,6,9-12H2,1-2H3. The molecule has 1 heterocycles. The lowest BCUT2D eigenvalue weighted by Gasteiger charge is -2.02. The van der Waals surface area contributed by atoms with Crippen LogP contribution in [0.3, 0.4) is 0 Å². The topological polar surface area (TPSA) is 51.0 Å². The van der Waals surface area contributed by atoms with Crippen molar-refractivity contribution in [3.8, 4) is 0 Å². The maximum Gasteiger partial charge on any atom is 0.216 e. The SMILES string of the molecule is CCNCCCc1nnc(CCc2ccccc2C)o1. The average molecular weight is 273 g/mol. The van der Waals surface area contributed by atoms with Crippen LogP contribution in [0.4, 0.5) is 0 Å². The smallest absolute Gasteiger partial charge is 0.216 e. The van der Waals surface area contributed by atoms with Crippen molar-refractivity contribution in [3.63, 3.8) is 0 Å². The third kappa shape index (κ3) is 4.46. The number of nitrogens with one attached hydrogen (secondary N) is 1. The van der Waals surface area contributed by atoms with Crippen LogP contribution < -0.4 is 5.32 Å². The molecule has 0 unspecified atom stereocenters. The van der Waals surface area contributed by atoms with Gasteiger partial charge < -0.3 is 9.73 Å². The van der Waals surface area contributed by atoms with Gasteiger partial charge >= 0.3 is 0 Å². The molecule has 0 aliphatic carbocycles. The van der Waals surface area contributed by atoms with Gasteiger partial charge in [-0.15, -0.1) is 10.2 Å². The Kier molecular flexibility index (Phi) is 5.74. The first-order valence-electron chi connectivity index (χ1n) is 7.36. The highest BCUT2D eigenvalue weighted by Gasteiger charge is 2.06. The predicted octanol–water partition coefficient (Wildman–Crippen LogP) is 2.71. The predicted molar refractivity (Wildman–Crippen MR) is 79.7 cm³/mol. The van der Waals surface area contributed by atoms with E-state index in [4.69, 9.17) is 4.42 Å². The summed E-state index contributed by atoms with van der Waals surface area (Å²) in [5, 5.41) is 11.5. The van der Waals surface area contributed by atoms with Crippen LogP contribution in [0.5, 0.6) is 0 Å². The molecule has 0 radical (unpaired) electrons. The zero-order chi connectivity index (χ0) is 14.2. The first kappa shape index (κ1) is 14.7. The quantitative estimate of drug-likeness (QED) is 0.751. The van der Waals surface area contributed by atoms with E-state index in [1.54, 1.807) is 0 Å². The molecule has 1 aromatic heterocycles. The Labute approximate surface area is 120 Å². The van der Waals surface area contributed by atoms with Gasteiger partial charge in [0.05, 0.1) is 0 Å². The van der Waals surface area contributed by atoms with Crippen LogP contribution in [0.25, 0.3) is 0 Å². The van der Waals surface area contributed by atoms with Crippen LogP contribution in [0.1, 0.15) is 36.3 Å². The highest BCUT2D eigenvalue weighted by molar-refractivity contribution is 5.25. The van der Waals surface area contributed by atoms with E-state index in [0.717, 1.165) is 50.6 Å². The van der Waals surface area contributed by atoms with Gasteiger partial charge in [0.25, 0.3) is 0 Å². The van der Waals surface area contributed by atoms with E-state index in [2.05, 4.69) is 53.6 Å². The molecule has 0 aliphatic rings. The maximum atomic E-state index is 5.68. The van der Waals surface area contributed by atoms with Gasteiger partial charge in [-0.2, -0.15) is 0 Å². The van der Waals surface area contributed by atoms with Crippen molar-refractivity contribution in [1.29, 1.82) is 0 Å². The fourth-order valence-electron chi connectivity index (χ4n) is 2.16. The highest BCUT2D eigenvalue weighted by atomic mass is 16.4. The van der Waals surface area contributed by atoms with Crippen molar-refractivity contribution in [2.45, 2.75) is 39.5 Å². The maximum absolute atomic E-state index is 5.68. The van der Waals surface area contributed by atoms with Crippen LogP contribution in [-0.4, -0.2) is 23.3 Å². The molecule has 108 valence electrons. The van der Waals surface area contributed by atoms with E-state index < -0.39 is 0 Å². The first-order valence-corrected chi connectivity index (χ1v) is 7.36. The summed E-state index contributed by atoms with van der Waals surface area (Å²) in [5.41, 5.74) is 2.66. The Bertz CT molecular complexity index is 522. The molecule has 0 aliphatic heterocycles. The second kappa shape index (κ2) is 7.80. The van der Waals surface area contributed by atoms with E-state index in [1.807, 2.05) is 0 Å². The van der Waals surface area contributed by atoms with Crippen LogP contribution in [-0.2, 0) is 19.3 Å². The van der Waals surface area contributed by atoms with Gasteiger partial charge in [-0.05, 0) is 44.0 Å². The zero-order valence-electron chi connectivity index (χ0n) is 12.4. The van der Waals surface area contributed by atoms with Gasteiger partial charge in [0.1, 0.15) is 0 Å². The molecule has 0 bridgehead atoms. The molecule has 2 aromatic rings. The van der Waals surface area contributed by atoms with E-state index >= 15 is 0 Å². The van der Waals surface area contributed by atoms with Crippen molar-refractivity contribution in [3.05, 3.63) is 47.2 Å². The van der Waals surface area contributed by atoms with Crippen molar-refractivity contribution in [2.75, 3.05) is 13.1 Å². The Morgan fingerprint density at radius 3 is 2.55 bits per heavy atom. The molecule has 4 heteroatoms. The van der Waals surface area contributed by atoms with Gasteiger partial charge in [-0.3, -0.25) is 0 Å². The third-order valence-corrected chi connectivity index (χ3v) is 3.37. The van der Waals surface area contributed by atoms with Crippen molar-refractivity contribution >= 4 is 0 Å². The molecule has 0 saturated carbocycles. The lowest BCUT2D eigenvalue weighted by Crippen LogP contribution is -2.14. The first-order chi connectivity index (χ1) is 9.79. The number of benzene rings is 1. The summed E-state index contributed by atoms with van der Waals surface area (Å²) in [7, 11) is 0. The molecule has 0 saturated heterocycles. The average Bonchev–Trinajstić information content (AvgIpc) is 2.91. The Morgan fingerprint density at radius 2 is 1.80 bits per heavy atom. The van der Waals surface area contributed by atoms with Crippen LogP contribution in [0, 0.1) is 6.92 Å². The minimum atomic E-state index is 0.742. The lowest BCUT2D eigenvalue weighted by atomic mass is 10.0. The molecule has 0 fully saturated rings. The summed E-state index contributed by atoms with van der Waals surface area (Å²) in [5.74, 6) is 1.49. The highest BCUT2D eigenvalue weighted by Crippen LogP contribution is 2.11. The van der Waals surface area contributed by atoms with Gasteiger partial charge in [0.15, 0.2) is 0 Å². The summed E-state index contributed by atoms with van der Waals surface area (Å²) >= 11 is 0. The monoisotopic (exact) mass is 273 g/mol. The van der Waals surface area contributed by atoms with E-state index in [1.165, 1.54) is 11.1 Å². The minimum Gasteiger partial charge on any atom is -0.425 e. The van der Waals surface area contributed by atoms with Crippen molar-refractivity contribution in [2.24, 2.45) is 0 Å². The Morgan fingerprint density at radius 1 is 1.05 bits per heavy atom. The molecular weight excluding hydrogens is 250 g/mol. The number of aryl methyl sites for hydroxylation is 4. The molecule has 0 atom stereocenters. The van der Waals surface area contributed by atoms with Gasteiger partial charge in [0.2, 0.25) is 11.8 Å². The lowest BCUT2D eigenvalue weighted by molar-refractivity contribution is 0.441. The molecule has 20 heavy (non-hydrogen) atoms. The number of hydrogen-bond donors (Lipinski definition) is 1. The second-order valence-corrected chi connectivity index (χ2v) is 4.97. The van der Waals surface area contributed by atoms with Crippen LogP contribution >= 0.6 is 0 Å². The second-order valence-electron chi connectivity index (χ2n) is 4.97. The molecular formula is C16H23N3O. The zero-order valence-corrected chi connectivity index (χ0v) is 12.4. The van der Waals surface area contributed by atoms with E-state index in [9.17, 15) is 0 Å². The Hall–Kier alpha value is -1.68. The molecule has 0 amide bonds. The van der Waals surface area contributed by atoms with Gasteiger partial charge in [-0.1, -0.05) is 31.2 Å². The van der Waals surface area contributed by atoms with Gasteiger partial charge in [0, 0.05) is 12.8 Å². The molecule has 2 rings (SSSR count). The van der Waals surface area contributed by atoms with Crippen LogP contribution in [0.15, 0.2) is 28.7 Å². The Balaban J connectivity index is 1.79. The fraction of sp³-hybridized carbons (Fsp3) is 0.500. The number of nitrogens with zero attached hydrogens (tertiary/aromatic N) is 2. The summed E-state index contributed by atoms with van der Waals surface area (Å²) in [6.07, 6.45) is 3.65. The number of aromatic nitrogens is 2. The molecule has 1 N–H and O–H groups in total. The normalized spacial score (nSPS) is 10.9. The largest absolute Gasteiger partial charge is 0.425 e. The summed E-state index contributed by atoms with van der Waals surface area (Å²) in [6, 6.07) is 8.43. The number of rotatable bonds is 8. The summed E-state index contributed by atoms with van der Waals surface area (Å²) < 4.78 is 5.68. The summed E-state index contributed by atoms with van der Waals surface area (Å²) in [4.78, 5) is 0. The minimum absolute atomic E-state index is 0.742.